The molecule has 0 amide bonds. The Kier molecular flexibility index (Phi) is 5.10. The number of nitrogens with zero attached hydrogens (tertiary/aromatic N) is 1. The van der Waals surface area contributed by atoms with E-state index in [0.717, 1.165) is 18.4 Å². The van der Waals surface area contributed by atoms with E-state index in [-0.39, 0.29) is 10.6 Å². The molecular formula is C13H20N2O2. The number of nitro groups is 1. The minimum absolute atomic E-state index is 0.155. The molecule has 0 radical (unpaired) electrons. The largest absolute Gasteiger partial charge is 0.317 e. The molecule has 1 rings (SSSR count). The molecule has 4 heteroatoms. The fourth-order valence-corrected chi connectivity index (χ4v) is 2.16. The van der Waals surface area contributed by atoms with Gasteiger partial charge in [-0.3, -0.25) is 10.1 Å². The van der Waals surface area contributed by atoms with Crippen LogP contribution in [0.25, 0.3) is 0 Å². The zero-order valence-corrected chi connectivity index (χ0v) is 10.6. The Morgan fingerprint density at radius 2 is 1.94 bits per heavy atom. The Bertz CT molecular complexity index is 358. The first kappa shape index (κ1) is 13.6. The quantitative estimate of drug-likeness (QED) is 0.610. The number of non-ortho nitro benzene ring substituents is 1. The Morgan fingerprint density at radius 1 is 1.35 bits per heavy atom. The summed E-state index contributed by atoms with van der Waals surface area (Å²) in [4.78, 5) is 10.2. The van der Waals surface area contributed by atoms with Gasteiger partial charge in [-0.05, 0) is 31.4 Å². The summed E-state index contributed by atoms with van der Waals surface area (Å²) in [6.45, 7) is 4.36. The molecule has 0 aliphatic heterocycles. The molecule has 0 aliphatic carbocycles. The molecule has 0 saturated heterocycles. The summed E-state index contributed by atoms with van der Waals surface area (Å²) in [5.41, 5.74) is 1.30. The van der Waals surface area contributed by atoms with Crippen molar-refractivity contribution in [3.8, 4) is 0 Å². The van der Waals surface area contributed by atoms with Gasteiger partial charge in [0.2, 0.25) is 0 Å². The Labute approximate surface area is 102 Å². The van der Waals surface area contributed by atoms with Crippen LogP contribution in [0, 0.1) is 16.0 Å². The van der Waals surface area contributed by atoms with Crippen LogP contribution >= 0.6 is 0 Å². The molecule has 1 aromatic carbocycles. The van der Waals surface area contributed by atoms with E-state index in [4.69, 9.17) is 0 Å². The van der Waals surface area contributed by atoms with E-state index in [1.165, 1.54) is 0 Å². The van der Waals surface area contributed by atoms with E-state index < -0.39 is 0 Å². The van der Waals surface area contributed by atoms with E-state index in [0.29, 0.717) is 12.0 Å². The predicted octanol–water partition coefficient (Wildman–Crippen LogP) is 2.77. The van der Waals surface area contributed by atoms with Crippen molar-refractivity contribution >= 4 is 5.69 Å². The van der Waals surface area contributed by atoms with Crippen molar-refractivity contribution in [2.24, 2.45) is 5.92 Å². The van der Waals surface area contributed by atoms with Crippen molar-refractivity contribution < 1.29 is 4.92 Å². The first-order chi connectivity index (χ1) is 8.08. The standard InChI is InChI=1S/C13H20N2O2/c1-4-13(14-3)10(2)9-11-5-7-12(8-6-11)15(16)17/h5-8,10,13-14H,4,9H2,1-3H3. The Morgan fingerprint density at radius 3 is 2.35 bits per heavy atom. The van der Waals surface area contributed by atoms with Gasteiger partial charge in [0.15, 0.2) is 0 Å². The molecule has 0 saturated carbocycles. The van der Waals surface area contributed by atoms with Crippen molar-refractivity contribution in [3.63, 3.8) is 0 Å². The minimum Gasteiger partial charge on any atom is -0.317 e. The first-order valence-electron chi connectivity index (χ1n) is 5.99. The maximum Gasteiger partial charge on any atom is 0.269 e. The number of hydrogen-bond acceptors (Lipinski definition) is 3. The molecule has 94 valence electrons. The fraction of sp³-hybridized carbons (Fsp3) is 0.538. The third-order valence-corrected chi connectivity index (χ3v) is 3.20. The van der Waals surface area contributed by atoms with Crippen molar-refractivity contribution in [1.82, 2.24) is 5.32 Å². The van der Waals surface area contributed by atoms with E-state index in [9.17, 15) is 10.1 Å². The smallest absolute Gasteiger partial charge is 0.269 e. The molecule has 0 heterocycles. The van der Waals surface area contributed by atoms with Gasteiger partial charge in [0.25, 0.3) is 5.69 Å². The number of benzene rings is 1. The lowest BCUT2D eigenvalue weighted by Crippen LogP contribution is -2.32. The Balaban J connectivity index is 2.65. The molecule has 0 aliphatic rings. The van der Waals surface area contributed by atoms with Crippen LogP contribution in [-0.2, 0) is 6.42 Å². The summed E-state index contributed by atoms with van der Waals surface area (Å²) in [5, 5.41) is 13.8. The fourth-order valence-electron chi connectivity index (χ4n) is 2.16. The van der Waals surface area contributed by atoms with Crippen molar-refractivity contribution in [3.05, 3.63) is 39.9 Å². The van der Waals surface area contributed by atoms with Crippen molar-refractivity contribution in [2.75, 3.05) is 7.05 Å². The molecule has 17 heavy (non-hydrogen) atoms. The van der Waals surface area contributed by atoms with Crippen molar-refractivity contribution in [1.29, 1.82) is 0 Å². The molecule has 0 aromatic heterocycles. The van der Waals surface area contributed by atoms with E-state index in [1.54, 1.807) is 12.1 Å². The minimum atomic E-state index is -0.365. The first-order valence-corrected chi connectivity index (χ1v) is 5.99. The van der Waals surface area contributed by atoms with Crippen molar-refractivity contribution in [2.45, 2.75) is 32.7 Å². The topological polar surface area (TPSA) is 55.2 Å². The highest BCUT2D eigenvalue weighted by Gasteiger charge is 2.14. The number of nitrogens with one attached hydrogen (secondary N) is 1. The summed E-state index contributed by atoms with van der Waals surface area (Å²) >= 11 is 0. The summed E-state index contributed by atoms with van der Waals surface area (Å²) in [7, 11) is 1.97. The van der Waals surface area contributed by atoms with Crippen LogP contribution in [0.5, 0.6) is 0 Å². The van der Waals surface area contributed by atoms with Gasteiger partial charge in [0.1, 0.15) is 0 Å². The van der Waals surface area contributed by atoms with Gasteiger partial charge in [0, 0.05) is 18.2 Å². The highest BCUT2D eigenvalue weighted by Crippen LogP contribution is 2.17. The lowest BCUT2D eigenvalue weighted by molar-refractivity contribution is -0.384. The molecule has 4 nitrogen and oxygen atoms in total. The average molecular weight is 236 g/mol. The van der Waals surface area contributed by atoms with Crippen LogP contribution in [0.3, 0.4) is 0 Å². The molecule has 2 unspecified atom stereocenters. The van der Waals surface area contributed by atoms with Gasteiger partial charge in [-0.2, -0.15) is 0 Å². The zero-order chi connectivity index (χ0) is 12.8. The van der Waals surface area contributed by atoms with E-state index >= 15 is 0 Å². The summed E-state index contributed by atoms with van der Waals surface area (Å²) in [6, 6.07) is 7.32. The van der Waals surface area contributed by atoms with Crippen LogP contribution < -0.4 is 5.32 Å². The van der Waals surface area contributed by atoms with Gasteiger partial charge in [-0.1, -0.05) is 26.0 Å². The average Bonchev–Trinajstić information content (AvgIpc) is 2.31. The third-order valence-electron chi connectivity index (χ3n) is 3.20. The second-order valence-corrected chi connectivity index (χ2v) is 4.41. The number of rotatable bonds is 6. The monoisotopic (exact) mass is 236 g/mol. The summed E-state index contributed by atoms with van der Waals surface area (Å²) < 4.78 is 0. The van der Waals surface area contributed by atoms with Gasteiger partial charge in [0.05, 0.1) is 4.92 Å². The molecule has 2 atom stereocenters. The molecular weight excluding hydrogens is 216 g/mol. The second-order valence-electron chi connectivity index (χ2n) is 4.41. The van der Waals surface area contributed by atoms with Gasteiger partial charge < -0.3 is 5.32 Å². The Hall–Kier alpha value is -1.42. The molecule has 0 fully saturated rings. The predicted molar refractivity (Wildman–Crippen MR) is 69.1 cm³/mol. The molecule has 1 N–H and O–H groups in total. The van der Waals surface area contributed by atoms with Crippen LogP contribution in [0.1, 0.15) is 25.8 Å². The van der Waals surface area contributed by atoms with Gasteiger partial charge >= 0.3 is 0 Å². The van der Waals surface area contributed by atoms with Crippen LogP contribution in [0.2, 0.25) is 0 Å². The van der Waals surface area contributed by atoms with Crippen LogP contribution in [0.15, 0.2) is 24.3 Å². The van der Waals surface area contributed by atoms with E-state index in [2.05, 4.69) is 19.2 Å². The summed E-state index contributed by atoms with van der Waals surface area (Å²) in [6.07, 6.45) is 2.03. The third kappa shape index (κ3) is 3.82. The summed E-state index contributed by atoms with van der Waals surface area (Å²) in [5.74, 6) is 0.520. The highest BCUT2D eigenvalue weighted by atomic mass is 16.6. The molecule has 1 aromatic rings. The zero-order valence-electron chi connectivity index (χ0n) is 10.6. The van der Waals surface area contributed by atoms with Crippen LogP contribution in [0.4, 0.5) is 5.69 Å². The molecule has 0 spiro atoms. The lowest BCUT2D eigenvalue weighted by Gasteiger charge is -2.22. The van der Waals surface area contributed by atoms with Gasteiger partial charge in [-0.15, -0.1) is 0 Å². The molecule has 0 bridgehead atoms. The maximum absolute atomic E-state index is 10.5. The number of nitro benzene ring substituents is 1. The van der Waals surface area contributed by atoms with Gasteiger partial charge in [-0.25, -0.2) is 0 Å². The van der Waals surface area contributed by atoms with E-state index in [1.807, 2.05) is 19.2 Å². The second kappa shape index (κ2) is 6.35. The lowest BCUT2D eigenvalue weighted by atomic mass is 9.92. The SMILES string of the molecule is CCC(NC)C(C)Cc1ccc([N+](=O)[O-])cc1. The maximum atomic E-state index is 10.5. The van der Waals surface area contributed by atoms with Crippen LogP contribution in [-0.4, -0.2) is 18.0 Å². The normalized spacial score (nSPS) is 14.3. The number of hydrogen-bond donors (Lipinski definition) is 1. The highest BCUT2D eigenvalue weighted by molar-refractivity contribution is 5.33.